The minimum Gasteiger partial charge on any atom is -0.378 e. The molecular weight excluding hydrogens is 328 g/mol. The van der Waals surface area contributed by atoms with Crippen molar-refractivity contribution in [3.63, 3.8) is 0 Å². The van der Waals surface area contributed by atoms with Gasteiger partial charge in [-0.1, -0.05) is 15.9 Å². The highest BCUT2D eigenvalue weighted by molar-refractivity contribution is 9.10. The Bertz CT molecular complexity index is 680. The van der Waals surface area contributed by atoms with Gasteiger partial charge in [-0.3, -0.25) is 4.79 Å². The van der Waals surface area contributed by atoms with Gasteiger partial charge in [0.1, 0.15) is 0 Å². The summed E-state index contributed by atoms with van der Waals surface area (Å²) in [6.45, 7) is 3.97. The van der Waals surface area contributed by atoms with Crippen LogP contribution in [0, 0.1) is 13.8 Å². The van der Waals surface area contributed by atoms with E-state index in [1.165, 1.54) is 0 Å². The lowest BCUT2D eigenvalue weighted by Crippen LogP contribution is -2.14. The smallest absolute Gasteiger partial charge is 0.255 e. The zero-order valence-electron chi connectivity index (χ0n) is 12.7. The van der Waals surface area contributed by atoms with Crippen LogP contribution in [0.4, 0.5) is 11.4 Å². The molecule has 4 heteroatoms. The normalized spacial score (nSPS) is 10.3. The summed E-state index contributed by atoms with van der Waals surface area (Å²) in [7, 11) is 4.00. The van der Waals surface area contributed by atoms with Gasteiger partial charge in [-0.2, -0.15) is 0 Å². The van der Waals surface area contributed by atoms with Crippen molar-refractivity contribution >= 4 is 33.2 Å². The topological polar surface area (TPSA) is 32.3 Å². The number of hydrogen-bond acceptors (Lipinski definition) is 2. The second-order valence-corrected chi connectivity index (χ2v) is 6.17. The Kier molecular flexibility index (Phi) is 4.68. The molecule has 0 saturated carbocycles. The summed E-state index contributed by atoms with van der Waals surface area (Å²) in [4.78, 5) is 14.4. The molecule has 0 radical (unpaired) electrons. The summed E-state index contributed by atoms with van der Waals surface area (Å²) >= 11 is 3.44. The van der Waals surface area contributed by atoms with E-state index in [9.17, 15) is 4.79 Å². The molecule has 2 aromatic carbocycles. The van der Waals surface area contributed by atoms with Gasteiger partial charge in [0.25, 0.3) is 5.91 Å². The lowest BCUT2D eigenvalue weighted by molar-refractivity contribution is 0.102. The second-order valence-electron chi connectivity index (χ2n) is 5.31. The van der Waals surface area contributed by atoms with Crippen LogP contribution in [0.2, 0.25) is 0 Å². The van der Waals surface area contributed by atoms with Gasteiger partial charge in [-0.05, 0) is 61.4 Å². The van der Waals surface area contributed by atoms with Crippen LogP contribution in [0.25, 0.3) is 0 Å². The number of amides is 1. The van der Waals surface area contributed by atoms with Gasteiger partial charge in [0, 0.05) is 35.5 Å². The van der Waals surface area contributed by atoms with Crippen molar-refractivity contribution in [3.8, 4) is 0 Å². The Balaban J connectivity index is 2.21. The van der Waals surface area contributed by atoms with Crippen molar-refractivity contribution in [1.29, 1.82) is 0 Å². The van der Waals surface area contributed by atoms with Crippen molar-refractivity contribution in [2.75, 3.05) is 24.3 Å². The molecule has 0 atom stereocenters. The highest BCUT2D eigenvalue weighted by atomic mass is 79.9. The molecule has 3 nitrogen and oxygen atoms in total. The van der Waals surface area contributed by atoms with Crippen molar-refractivity contribution < 1.29 is 4.79 Å². The molecule has 0 unspecified atom stereocenters. The monoisotopic (exact) mass is 346 g/mol. The largest absolute Gasteiger partial charge is 0.378 e. The molecular formula is C17H19BrN2O. The van der Waals surface area contributed by atoms with Crippen LogP contribution in [0.15, 0.2) is 40.9 Å². The number of halogens is 1. The summed E-state index contributed by atoms with van der Waals surface area (Å²) in [5.74, 6) is -0.0914. The maximum Gasteiger partial charge on any atom is 0.255 e. The van der Waals surface area contributed by atoms with E-state index in [1.54, 1.807) is 0 Å². The molecule has 2 aromatic rings. The van der Waals surface area contributed by atoms with Crippen LogP contribution in [0.1, 0.15) is 21.5 Å². The molecule has 1 amide bonds. The van der Waals surface area contributed by atoms with E-state index in [0.29, 0.717) is 5.56 Å². The lowest BCUT2D eigenvalue weighted by atomic mass is 10.1. The maximum atomic E-state index is 12.3. The van der Waals surface area contributed by atoms with Gasteiger partial charge >= 0.3 is 0 Å². The number of aryl methyl sites for hydroxylation is 2. The molecule has 1 N–H and O–H groups in total. The molecule has 0 aliphatic carbocycles. The average molecular weight is 347 g/mol. The molecule has 0 aliphatic heterocycles. The van der Waals surface area contributed by atoms with Gasteiger partial charge < -0.3 is 10.2 Å². The fourth-order valence-corrected chi connectivity index (χ4v) is 2.29. The van der Waals surface area contributed by atoms with E-state index in [4.69, 9.17) is 0 Å². The number of benzene rings is 2. The third-order valence-electron chi connectivity index (χ3n) is 3.39. The van der Waals surface area contributed by atoms with E-state index in [-0.39, 0.29) is 5.91 Å². The van der Waals surface area contributed by atoms with E-state index in [2.05, 4.69) is 27.3 Å². The third-order valence-corrected chi connectivity index (χ3v) is 4.28. The predicted molar refractivity (Wildman–Crippen MR) is 92.3 cm³/mol. The number of carbonyl (C=O) groups excluding carboxylic acids is 1. The minimum atomic E-state index is -0.0914. The standard InChI is InChI=1S/C17H19BrN2O/c1-11-9-13(5-7-15(11)18)17(21)19-16-8-6-14(20(3)4)10-12(16)2/h5-10H,1-4H3,(H,19,21). The number of hydrogen-bond donors (Lipinski definition) is 1. The lowest BCUT2D eigenvalue weighted by Gasteiger charge is -2.15. The molecule has 0 bridgehead atoms. The summed E-state index contributed by atoms with van der Waals surface area (Å²) in [6.07, 6.45) is 0. The zero-order valence-corrected chi connectivity index (χ0v) is 14.3. The van der Waals surface area contributed by atoms with Crippen LogP contribution in [0.5, 0.6) is 0 Å². The minimum absolute atomic E-state index is 0.0914. The van der Waals surface area contributed by atoms with Crippen molar-refractivity contribution in [1.82, 2.24) is 0 Å². The molecule has 0 spiro atoms. The van der Waals surface area contributed by atoms with Crippen LogP contribution in [0.3, 0.4) is 0 Å². The summed E-state index contributed by atoms with van der Waals surface area (Å²) in [5.41, 5.74) is 4.70. The Labute approximate surface area is 134 Å². The second kappa shape index (κ2) is 6.31. The number of rotatable bonds is 3. The first-order valence-corrected chi connectivity index (χ1v) is 7.53. The summed E-state index contributed by atoms with van der Waals surface area (Å²) in [6, 6.07) is 11.6. The van der Waals surface area contributed by atoms with Crippen molar-refractivity contribution in [2.24, 2.45) is 0 Å². The first kappa shape index (κ1) is 15.6. The predicted octanol–water partition coefficient (Wildman–Crippen LogP) is 4.38. The van der Waals surface area contributed by atoms with E-state index in [0.717, 1.165) is 27.0 Å². The molecule has 0 saturated heterocycles. The van der Waals surface area contributed by atoms with Crippen LogP contribution >= 0.6 is 15.9 Å². The SMILES string of the molecule is Cc1cc(C(=O)Nc2ccc(N(C)C)cc2C)ccc1Br. The highest BCUT2D eigenvalue weighted by Gasteiger charge is 2.09. The van der Waals surface area contributed by atoms with Crippen molar-refractivity contribution in [2.45, 2.75) is 13.8 Å². The zero-order chi connectivity index (χ0) is 15.6. The number of anilines is 2. The van der Waals surface area contributed by atoms with Gasteiger partial charge in [0.15, 0.2) is 0 Å². The highest BCUT2D eigenvalue weighted by Crippen LogP contribution is 2.23. The number of nitrogens with zero attached hydrogens (tertiary/aromatic N) is 1. The Morgan fingerprint density at radius 2 is 1.76 bits per heavy atom. The Morgan fingerprint density at radius 1 is 1.05 bits per heavy atom. The third kappa shape index (κ3) is 3.64. The molecule has 0 aromatic heterocycles. The Hall–Kier alpha value is -1.81. The first-order valence-electron chi connectivity index (χ1n) is 6.74. The van der Waals surface area contributed by atoms with Crippen LogP contribution in [-0.4, -0.2) is 20.0 Å². The van der Waals surface area contributed by atoms with E-state index < -0.39 is 0 Å². The number of carbonyl (C=O) groups is 1. The van der Waals surface area contributed by atoms with Gasteiger partial charge in [-0.15, -0.1) is 0 Å². The quantitative estimate of drug-likeness (QED) is 0.893. The number of nitrogens with one attached hydrogen (secondary N) is 1. The van der Waals surface area contributed by atoms with Crippen LogP contribution in [-0.2, 0) is 0 Å². The fraction of sp³-hybridized carbons (Fsp3) is 0.235. The average Bonchev–Trinajstić information content (AvgIpc) is 2.43. The van der Waals surface area contributed by atoms with Crippen LogP contribution < -0.4 is 10.2 Å². The first-order chi connectivity index (χ1) is 9.88. The summed E-state index contributed by atoms with van der Waals surface area (Å²) in [5, 5.41) is 2.97. The Morgan fingerprint density at radius 3 is 2.33 bits per heavy atom. The van der Waals surface area contributed by atoms with E-state index >= 15 is 0 Å². The molecule has 110 valence electrons. The molecule has 0 aliphatic rings. The van der Waals surface area contributed by atoms with Gasteiger partial charge in [0.05, 0.1) is 0 Å². The van der Waals surface area contributed by atoms with E-state index in [1.807, 2.05) is 63.2 Å². The molecule has 0 fully saturated rings. The summed E-state index contributed by atoms with van der Waals surface area (Å²) < 4.78 is 1.01. The molecule has 21 heavy (non-hydrogen) atoms. The van der Waals surface area contributed by atoms with Crippen molar-refractivity contribution in [3.05, 3.63) is 57.6 Å². The van der Waals surface area contributed by atoms with Gasteiger partial charge in [-0.25, -0.2) is 0 Å². The molecule has 2 rings (SSSR count). The van der Waals surface area contributed by atoms with Gasteiger partial charge in [0.2, 0.25) is 0 Å². The fourth-order valence-electron chi connectivity index (χ4n) is 2.05. The maximum absolute atomic E-state index is 12.3. The molecule has 0 heterocycles.